The molecule has 1 saturated heterocycles. The highest BCUT2D eigenvalue weighted by molar-refractivity contribution is 5.82. The van der Waals surface area contributed by atoms with Gasteiger partial charge in [0.05, 0.1) is 6.04 Å². The molecule has 1 aliphatic rings. The van der Waals surface area contributed by atoms with E-state index in [1.807, 2.05) is 0 Å². The van der Waals surface area contributed by atoms with Crippen LogP contribution in [0.15, 0.2) is 0 Å². The molecule has 112 valence electrons. The lowest BCUT2D eigenvalue weighted by atomic mass is 10.1. The van der Waals surface area contributed by atoms with Crippen LogP contribution < -0.4 is 16.0 Å². The van der Waals surface area contributed by atoms with Gasteiger partial charge in [-0.25, -0.2) is 0 Å². The summed E-state index contributed by atoms with van der Waals surface area (Å²) < 4.78 is 0. The summed E-state index contributed by atoms with van der Waals surface area (Å²) in [5, 5.41) is 9.57. The number of nitrogens with zero attached hydrogens (tertiary/aromatic N) is 1. The fourth-order valence-electron chi connectivity index (χ4n) is 2.42. The molecule has 1 aliphatic heterocycles. The zero-order valence-corrected chi connectivity index (χ0v) is 12.7. The number of piperazine rings is 1. The van der Waals surface area contributed by atoms with Crippen molar-refractivity contribution in [3.8, 4) is 0 Å². The number of hydrogen-bond acceptors (Lipinski definition) is 4. The van der Waals surface area contributed by atoms with Gasteiger partial charge in [-0.05, 0) is 39.4 Å². The van der Waals surface area contributed by atoms with E-state index in [2.05, 4.69) is 41.6 Å². The molecule has 0 radical (unpaired) electrons. The van der Waals surface area contributed by atoms with Crippen molar-refractivity contribution in [3.05, 3.63) is 0 Å². The van der Waals surface area contributed by atoms with Crippen LogP contribution in [0, 0.1) is 0 Å². The Morgan fingerprint density at radius 2 is 2.11 bits per heavy atom. The van der Waals surface area contributed by atoms with Gasteiger partial charge in [-0.15, -0.1) is 0 Å². The first kappa shape index (κ1) is 16.4. The lowest BCUT2D eigenvalue weighted by Gasteiger charge is -2.25. The Morgan fingerprint density at radius 1 is 1.37 bits per heavy atom. The third-order valence-corrected chi connectivity index (χ3v) is 3.75. The molecule has 3 N–H and O–H groups in total. The predicted molar refractivity (Wildman–Crippen MR) is 79.3 cm³/mol. The third kappa shape index (κ3) is 6.36. The normalized spacial score (nSPS) is 21.4. The summed E-state index contributed by atoms with van der Waals surface area (Å²) in [5.41, 5.74) is 0. The highest BCUT2D eigenvalue weighted by atomic mass is 16.2. The van der Waals surface area contributed by atoms with E-state index >= 15 is 0 Å². The van der Waals surface area contributed by atoms with Gasteiger partial charge in [0.1, 0.15) is 0 Å². The summed E-state index contributed by atoms with van der Waals surface area (Å²) in [4.78, 5) is 14.4. The molecule has 5 heteroatoms. The van der Waals surface area contributed by atoms with Crippen molar-refractivity contribution in [3.63, 3.8) is 0 Å². The second-order valence-corrected chi connectivity index (χ2v) is 5.29. The minimum atomic E-state index is -0.0704. The Morgan fingerprint density at radius 3 is 2.68 bits per heavy atom. The maximum atomic E-state index is 12.0. The molecule has 1 rings (SSSR count). The van der Waals surface area contributed by atoms with Gasteiger partial charge in [0.25, 0.3) is 0 Å². The van der Waals surface area contributed by atoms with E-state index in [0.717, 1.165) is 52.1 Å². The van der Waals surface area contributed by atoms with Gasteiger partial charge in [0.15, 0.2) is 0 Å². The molecule has 2 unspecified atom stereocenters. The lowest BCUT2D eigenvalue weighted by Crippen LogP contribution is -2.56. The summed E-state index contributed by atoms with van der Waals surface area (Å²) in [7, 11) is 0. The fourth-order valence-corrected chi connectivity index (χ4v) is 2.42. The molecule has 1 fully saturated rings. The average molecular weight is 270 g/mol. The number of amides is 1. The first-order valence-electron chi connectivity index (χ1n) is 7.64. The maximum Gasteiger partial charge on any atom is 0.238 e. The maximum absolute atomic E-state index is 12.0. The second-order valence-electron chi connectivity index (χ2n) is 5.29. The standard InChI is InChI=1S/C14H30N4O/c1-4-18(5-2)10-6-7-12(3)17-14(19)13-11-15-8-9-16-13/h12-13,15-16H,4-11H2,1-3H3,(H,17,19). The third-order valence-electron chi connectivity index (χ3n) is 3.75. The molecule has 0 bridgehead atoms. The molecule has 5 nitrogen and oxygen atoms in total. The molecular formula is C14H30N4O. The Balaban J connectivity index is 2.15. The molecule has 0 aliphatic carbocycles. The molecule has 2 atom stereocenters. The van der Waals surface area contributed by atoms with Crippen LogP contribution in [0.3, 0.4) is 0 Å². The van der Waals surface area contributed by atoms with E-state index in [1.54, 1.807) is 0 Å². The van der Waals surface area contributed by atoms with Crippen LogP contribution in [0.1, 0.15) is 33.6 Å². The molecular weight excluding hydrogens is 240 g/mol. The van der Waals surface area contributed by atoms with E-state index in [-0.39, 0.29) is 18.0 Å². The van der Waals surface area contributed by atoms with E-state index in [9.17, 15) is 4.79 Å². The number of carbonyl (C=O) groups excluding carboxylic acids is 1. The monoisotopic (exact) mass is 270 g/mol. The first-order valence-corrected chi connectivity index (χ1v) is 7.64. The fraction of sp³-hybridized carbons (Fsp3) is 0.929. The van der Waals surface area contributed by atoms with E-state index < -0.39 is 0 Å². The summed E-state index contributed by atoms with van der Waals surface area (Å²) in [6.07, 6.45) is 2.18. The van der Waals surface area contributed by atoms with Crippen molar-refractivity contribution in [2.24, 2.45) is 0 Å². The van der Waals surface area contributed by atoms with Crippen LogP contribution in [0.25, 0.3) is 0 Å². The van der Waals surface area contributed by atoms with Crippen LogP contribution in [0.4, 0.5) is 0 Å². The first-order chi connectivity index (χ1) is 9.17. The van der Waals surface area contributed by atoms with Crippen molar-refractivity contribution in [2.45, 2.75) is 45.7 Å². The molecule has 0 aromatic carbocycles. The molecule has 0 saturated carbocycles. The number of hydrogen-bond donors (Lipinski definition) is 3. The minimum absolute atomic E-state index is 0.0704. The molecule has 0 aromatic rings. The SMILES string of the molecule is CCN(CC)CCCC(C)NC(=O)C1CNCCN1. The van der Waals surface area contributed by atoms with Crippen molar-refractivity contribution < 1.29 is 4.79 Å². The van der Waals surface area contributed by atoms with Gasteiger partial charge in [0, 0.05) is 25.7 Å². The number of rotatable bonds is 8. The molecule has 19 heavy (non-hydrogen) atoms. The van der Waals surface area contributed by atoms with E-state index in [4.69, 9.17) is 0 Å². The van der Waals surface area contributed by atoms with Crippen LogP contribution in [0.5, 0.6) is 0 Å². The summed E-state index contributed by atoms with van der Waals surface area (Å²) >= 11 is 0. The van der Waals surface area contributed by atoms with Crippen LogP contribution in [-0.2, 0) is 4.79 Å². The molecule has 0 spiro atoms. The van der Waals surface area contributed by atoms with Gasteiger partial charge >= 0.3 is 0 Å². The summed E-state index contributed by atoms with van der Waals surface area (Å²) in [6.45, 7) is 12.4. The zero-order valence-electron chi connectivity index (χ0n) is 12.7. The predicted octanol–water partition coefficient (Wildman–Crippen LogP) is 0.175. The quantitative estimate of drug-likeness (QED) is 0.589. The van der Waals surface area contributed by atoms with Crippen LogP contribution in [0.2, 0.25) is 0 Å². The Hall–Kier alpha value is -0.650. The van der Waals surface area contributed by atoms with Gasteiger partial charge in [-0.3, -0.25) is 4.79 Å². The zero-order chi connectivity index (χ0) is 14.1. The summed E-state index contributed by atoms with van der Waals surface area (Å²) in [6, 6.07) is 0.186. The topological polar surface area (TPSA) is 56.4 Å². The Bertz CT molecular complexity index is 250. The van der Waals surface area contributed by atoms with Gasteiger partial charge < -0.3 is 20.9 Å². The van der Waals surface area contributed by atoms with Gasteiger partial charge in [-0.1, -0.05) is 13.8 Å². The summed E-state index contributed by atoms with van der Waals surface area (Å²) in [5.74, 6) is 0.127. The van der Waals surface area contributed by atoms with Crippen LogP contribution >= 0.6 is 0 Å². The van der Waals surface area contributed by atoms with Crippen molar-refractivity contribution in [1.82, 2.24) is 20.9 Å². The van der Waals surface area contributed by atoms with E-state index in [1.165, 1.54) is 0 Å². The highest BCUT2D eigenvalue weighted by Crippen LogP contribution is 2.00. The highest BCUT2D eigenvalue weighted by Gasteiger charge is 2.21. The second kappa shape index (κ2) is 9.28. The Kier molecular flexibility index (Phi) is 8.02. The number of carbonyl (C=O) groups is 1. The Labute approximate surface area is 117 Å². The van der Waals surface area contributed by atoms with Crippen molar-refractivity contribution in [2.75, 3.05) is 39.3 Å². The molecule has 1 amide bonds. The van der Waals surface area contributed by atoms with Gasteiger partial charge in [-0.2, -0.15) is 0 Å². The minimum Gasteiger partial charge on any atom is -0.352 e. The number of nitrogens with one attached hydrogen (secondary N) is 3. The largest absolute Gasteiger partial charge is 0.352 e. The van der Waals surface area contributed by atoms with Gasteiger partial charge in [0.2, 0.25) is 5.91 Å². The van der Waals surface area contributed by atoms with Crippen LogP contribution in [-0.4, -0.2) is 62.2 Å². The molecule has 0 aromatic heterocycles. The van der Waals surface area contributed by atoms with Crippen molar-refractivity contribution >= 4 is 5.91 Å². The smallest absolute Gasteiger partial charge is 0.238 e. The van der Waals surface area contributed by atoms with E-state index in [0.29, 0.717) is 0 Å². The van der Waals surface area contributed by atoms with Crippen molar-refractivity contribution in [1.29, 1.82) is 0 Å². The molecule has 1 heterocycles. The lowest BCUT2D eigenvalue weighted by molar-refractivity contribution is -0.124. The average Bonchev–Trinajstić information content (AvgIpc) is 2.44.